The average Bonchev–Trinajstić information content (AvgIpc) is 3.10. The van der Waals surface area contributed by atoms with Gasteiger partial charge in [0.1, 0.15) is 66.6 Å². The lowest BCUT2D eigenvalue weighted by atomic mass is 10.1. The minimum absolute atomic E-state index is 0.0880. The molecule has 0 aliphatic carbocycles. The number of carbonyl (C=O) groups is 1. The van der Waals surface area contributed by atoms with Gasteiger partial charge in [-0.1, -0.05) is 30.3 Å². The third kappa shape index (κ3) is 9.36. The molecular weight excluding hydrogens is 622 g/mol. The normalized spacial score (nSPS) is 11.3. The number of hydrogen-bond donors (Lipinski definition) is 2. The van der Waals surface area contributed by atoms with Crippen LogP contribution in [-0.2, 0) is 24.4 Å². The van der Waals surface area contributed by atoms with E-state index in [1.54, 1.807) is 36.4 Å². The molecule has 2 atom stereocenters. The molecule has 0 spiro atoms. The van der Waals surface area contributed by atoms with Gasteiger partial charge in [-0.25, -0.2) is 32.9 Å². The number of aliphatic hydroxyl groups excluding tert-OH is 2. The number of nitrogens with zero attached hydrogens (tertiary/aromatic N) is 7. The van der Waals surface area contributed by atoms with E-state index in [0.717, 1.165) is 0 Å². The predicted octanol–water partition coefficient (Wildman–Crippen LogP) is 0.877. The molecule has 1 aromatic heterocycles. The van der Waals surface area contributed by atoms with E-state index in [1.165, 1.54) is 54.6 Å². The molecule has 0 saturated heterocycles. The first kappa shape index (κ1) is 35.7. The summed E-state index contributed by atoms with van der Waals surface area (Å²) in [6.45, 7) is 0.985. The third-order valence-corrected chi connectivity index (χ3v) is 6.46. The SMILES string of the molecule is C=CCn1c(=O)n(CC(O)COC(=O)c2ccc(C=C(C#N)C#N)cc2)c(=O)n(CC(O)COc2ccc(C=C(C#N)C#N)cc2)c1=O. The van der Waals surface area contributed by atoms with E-state index in [9.17, 15) is 29.4 Å². The Balaban J connectivity index is 1.71. The second-order valence-electron chi connectivity index (χ2n) is 9.94. The van der Waals surface area contributed by atoms with Gasteiger partial charge in [-0.15, -0.1) is 6.58 Å². The Bertz CT molecular complexity index is 2050. The van der Waals surface area contributed by atoms with Gasteiger partial charge >= 0.3 is 23.0 Å². The molecule has 0 amide bonds. The molecule has 15 heteroatoms. The highest BCUT2D eigenvalue weighted by Gasteiger charge is 2.21. The second kappa shape index (κ2) is 17.1. The van der Waals surface area contributed by atoms with E-state index in [2.05, 4.69) is 6.58 Å². The molecule has 0 aliphatic rings. The van der Waals surface area contributed by atoms with Crippen molar-refractivity contribution in [3.05, 3.63) is 120 Å². The number of ether oxygens (including phenoxy) is 2. The van der Waals surface area contributed by atoms with Crippen molar-refractivity contribution in [3.8, 4) is 30.0 Å². The van der Waals surface area contributed by atoms with Crippen LogP contribution in [0.2, 0.25) is 0 Å². The fourth-order valence-corrected chi connectivity index (χ4v) is 4.14. The number of hydrogen-bond acceptors (Lipinski definition) is 12. The van der Waals surface area contributed by atoms with E-state index < -0.39 is 54.9 Å². The Morgan fingerprint density at radius 1 is 0.729 bits per heavy atom. The molecule has 3 rings (SSSR count). The summed E-state index contributed by atoms with van der Waals surface area (Å²) in [5.41, 5.74) is -2.30. The molecular formula is C33H27N7O8. The fourth-order valence-electron chi connectivity index (χ4n) is 4.14. The van der Waals surface area contributed by atoms with Crippen LogP contribution in [-0.4, -0.2) is 55.3 Å². The quantitative estimate of drug-likeness (QED) is 0.141. The van der Waals surface area contributed by atoms with Crippen LogP contribution in [0.3, 0.4) is 0 Å². The van der Waals surface area contributed by atoms with Crippen LogP contribution in [0, 0.1) is 45.3 Å². The minimum atomic E-state index is -1.55. The number of benzene rings is 2. The van der Waals surface area contributed by atoms with E-state index >= 15 is 0 Å². The molecule has 0 bridgehead atoms. The predicted molar refractivity (Wildman–Crippen MR) is 169 cm³/mol. The zero-order valence-corrected chi connectivity index (χ0v) is 25.2. The molecule has 3 aromatic rings. The molecule has 0 fully saturated rings. The Morgan fingerprint density at radius 3 is 1.62 bits per heavy atom. The Labute approximate surface area is 272 Å². The van der Waals surface area contributed by atoms with Crippen LogP contribution in [0.1, 0.15) is 21.5 Å². The van der Waals surface area contributed by atoms with Crippen molar-refractivity contribution >= 4 is 18.1 Å². The Hall–Kier alpha value is -6.78. The van der Waals surface area contributed by atoms with Crippen LogP contribution < -0.4 is 21.8 Å². The number of aliphatic hydroxyl groups is 2. The molecule has 2 N–H and O–H groups in total. The summed E-state index contributed by atoms with van der Waals surface area (Å²) in [7, 11) is 0. The third-order valence-electron chi connectivity index (χ3n) is 6.46. The lowest BCUT2D eigenvalue weighted by Crippen LogP contribution is -2.56. The summed E-state index contributed by atoms with van der Waals surface area (Å²) in [5, 5.41) is 56.6. The molecule has 2 aromatic carbocycles. The summed E-state index contributed by atoms with van der Waals surface area (Å²) < 4.78 is 12.5. The van der Waals surface area contributed by atoms with Gasteiger partial charge in [0.2, 0.25) is 0 Å². The average molecular weight is 650 g/mol. The maximum Gasteiger partial charge on any atom is 0.338 e. The van der Waals surface area contributed by atoms with Gasteiger partial charge < -0.3 is 19.7 Å². The largest absolute Gasteiger partial charge is 0.491 e. The van der Waals surface area contributed by atoms with Crippen LogP contribution in [0.5, 0.6) is 5.75 Å². The second-order valence-corrected chi connectivity index (χ2v) is 9.94. The van der Waals surface area contributed by atoms with Crippen LogP contribution in [0.25, 0.3) is 12.2 Å². The number of allylic oxidation sites excluding steroid dienone is 3. The van der Waals surface area contributed by atoms with Gasteiger partial charge in [0.05, 0.1) is 25.2 Å². The molecule has 1 heterocycles. The topological polar surface area (TPSA) is 237 Å². The molecule has 0 saturated carbocycles. The highest BCUT2D eigenvalue weighted by atomic mass is 16.5. The van der Waals surface area contributed by atoms with Crippen molar-refractivity contribution in [3.63, 3.8) is 0 Å². The first-order valence-electron chi connectivity index (χ1n) is 14.0. The van der Waals surface area contributed by atoms with Crippen molar-refractivity contribution in [2.45, 2.75) is 31.8 Å². The maximum atomic E-state index is 13.2. The lowest BCUT2D eigenvalue weighted by molar-refractivity contribution is 0.0206. The van der Waals surface area contributed by atoms with Gasteiger partial charge in [-0.05, 0) is 47.5 Å². The first-order chi connectivity index (χ1) is 23.0. The van der Waals surface area contributed by atoms with Crippen molar-refractivity contribution in [1.29, 1.82) is 21.0 Å². The molecule has 48 heavy (non-hydrogen) atoms. The van der Waals surface area contributed by atoms with Crippen LogP contribution >= 0.6 is 0 Å². The zero-order valence-electron chi connectivity index (χ0n) is 25.2. The van der Waals surface area contributed by atoms with E-state index in [1.807, 2.05) is 0 Å². The summed E-state index contributed by atoms with van der Waals surface area (Å²) in [6, 6.07) is 18.8. The molecule has 0 aliphatic heterocycles. The molecule has 2 unspecified atom stereocenters. The van der Waals surface area contributed by atoms with Crippen molar-refractivity contribution in [2.24, 2.45) is 0 Å². The summed E-state index contributed by atoms with van der Waals surface area (Å²) in [4.78, 5) is 51.7. The molecule has 242 valence electrons. The summed E-state index contributed by atoms with van der Waals surface area (Å²) in [6.07, 6.45) is 0.991. The van der Waals surface area contributed by atoms with Gasteiger partial charge in [0, 0.05) is 0 Å². The van der Waals surface area contributed by atoms with Crippen molar-refractivity contribution < 1.29 is 24.5 Å². The number of rotatable bonds is 14. The van der Waals surface area contributed by atoms with E-state index in [4.69, 9.17) is 30.5 Å². The monoisotopic (exact) mass is 649 g/mol. The van der Waals surface area contributed by atoms with Gasteiger partial charge in [0.25, 0.3) is 0 Å². The molecule has 15 nitrogen and oxygen atoms in total. The van der Waals surface area contributed by atoms with Gasteiger partial charge in [-0.2, -0.15) is 21.0 Å². The first-order valence-corrected chi connectivity index (χ1v) is 14.0. The van der Waals surface area contributed by atoms with Gasteiger partial charge in [-0.3, -0.25) is 0 Å². The van der Waals surface area contributed by atoms with Crippen LogP contribution in [0.4, 0.5) is 0 Å². The van der Waals surface area contributed by atoms with Crippen LogP contribution in [0.15, 0.2) is 86.7 Å². The highest BCUT2D eigenvalue weighted by molar-refractivity contribution is 5.89. The van der Waals surface area contributed by atoms with Crippen molar-refractivity contribution in [1.82, 2.24) is 13.7 Å². The molecule has 0 radical (unpaired) electrons. The van der Waals surface area contributed by atoms with Gasteiger partial charge in [0.15, 0.2) is 0 Å². The van der Waals surface area contributed by atoms with E-state index in [0.29, 0.717) is 30.6 Å². The Kier molecular flexibility index (Phi) is 12.7. The highest BCUT2D eigenvalue weighted by Crippen LogP contribution is 2.15. The van der Waals surface area contributed by atoms with Crippen molar-refractivity contribution in [2.75, 3.05) is 13.2 Å². The maximum absolute atomic E-state index is 13.2. The Morgan fingerprint density at radius 2 is 1.17 bits per heavy atom. The zero-order chi connectivity index (χ0) is 35.2. The lowest BCUT2D eigenvalue weighted by Gasteiger charge is -2.18. The number of carbonyl (C=O) groups excluding carboxylic acids is 1. The minimum Gasteiger partial charge on any atom is -0.491 e. The van der Waals surface area contributed by atoms with E-state index in [-0.39, 0.29) is 29.9 Å². The number of nitriles is 4. The standard InChI is InChI=1S/C33H27N7O8/c1-2-11-38-31(44)39(18-27(41)20-47-29-9-5-23(6-10-29)13-25(16-36)17-37)33(46)40(32(38)45)19-28(42)21-48-30(43)26-7-3-22(4-8-26)12-24(14-34)15-35/h2-10,12-13,27-28,41-42H,1,11,18-21H2. The fraction of sp³-hybridized carbons (Fsp3) is 0.212. The number of aromatic nitrogens is 3. The number of esters is 1. The summed E-state index contributed by atoms with van der Waals surface area (Å²) >= 11 is 0. The smallest absolute Gasteiger partial charge is 0.338 e. The summed E-state index contributed by atoms with van der Waals surface area (Å²) in [5.74, 6) is -0.532.